The number of nitrogen functional groups attached to an aromatic ring is 1. The fourth-order valence-corrected chi connectivity index (χ4v) is 8.38. The van der Waals surface area contributed by atoms with E-state index in [-0.39, 0.29) is 23.5 Å². The van der Waals surface area contributed by atoms with Crippen LogP contribution in [0, 0.1) is 29.1 Å². The molecule has 1 unspecified atom stereocenters. The Labute approximate surface area is 197 Å². The highest BCUT2D eigenvalue weighted by Gasteiger charge is 2.60. The summed E-state index contributed by atoms with van der Waals surface area (Å²) in [5.41, 5.74) is 9.30. The number of pyridine rings is 1. The number of fused-ring (bicyclic) bond motifs is 7. The zero-order chi connectivity index (χ0) is 23.5. The number of nitrogens with zero attached hydrogens (tertiary/aromatic N) is 1. The first-order valence-corrected chi connectivity index (χ1v) is 12.8. The molecule has 4 aliphatic rings. The van der Waals surface area contributed by atoms with Gasteiger partial charge in [-0.2, -0.15) is 0 Å². The van der Waals surface area contributed by atoms with Gasteiger partial charge in [-0.15, -0.1) is 0 Å². The molecule has 0 saturated heterocycles. The van der Waals surface area contributed by atoms with Crippen LogP contribution in [0.25, 0.3) is 0 Å². The fraction of sp³-hybridized carbons (Fsp3) is 0.741. The first-order chi connectivity index (χ1) is 15.7. The molecule has 2 N–H and O–H groups in total. The summed E-state index contributed by atoms with van der Waals surface area (Å²) in [4.78, 5) is 28.7. The first kappa shape index (κ1) is 22.7. The molecule has 33 heavy (non-hydrogen) atoms. The molecule has 3 saturated carbocycles. The molecule has 5 rings (SSSR count). The molecule has 0 spiro atoms. The molecule has 0 aliphatic heterocycles. The number of carbonyl (C=O) groups is 2. The molecule has 3 fully saturated rings. The van der Waals surface area contributed by atoms with Crippen LogP contribution in [-0.2, 0) is 26.1 Å². The number of ether oxygens (including phenoxy) is 2. The van der Waals surface area contributed by atoms with Crippen molar-refractivity contribution >= 4 is 17.8 Å². The lowest BCUT2D eigenvalue weighted by molar-refractivity contribution is -0.157. The number of hydrogen-bond donors (Lipinski definition) is 1. The van der Waals surface area contributed by atoms with E-state index in [1.54, 1.807) is 6.92 Å². The van der Waals surface area contributed by atoms with Crippen LogP contribution in [0.5, 0.6) is 0 Å². The van der Waals surface area contributed by atoms with E-state index < -0.39 is 0 Å². The predicted molar refractivity (Wildman–Crippen MR) is 126 cm³/mol. The SMILES string of the molecule is CCOC(=O)c1cc2c(nc1N)[C@@]1(C)CC[C@H]3[C@@H](CCC4C[C@@H](OC(C)=O)CC[C@@]43C)[C@@H]1C2. The van der Waals surface area contributed by atoms with Gasteiger partial charge in [0.15, 0.2) is 0 Å². The van der Waals surface area contributed by atoms with Crippen LogP contribution in [0.2, 0.25) is 0 Å². The minimum atomic E-state index is -0.374. The molecule has 0 aromatic carbocycles. The maximum Gasteiger partial charge on any atom is 0.341 e. The van der Waals surface area contributed by atoms with E-state index in [0.717, 1.165) is 37.8 Å². The smallest absolute Gasteiger partial charge is 0.341 e. The van der Waals surface area contributed by atoms with Gasteiger partial charge in [0.25, 0.3) is 0 Å². The summed E-state index contributed by atoms with van der Waals surface area (Å²) in [5.74, 6) is 2.31. The van der Waals surface area contributed by atoms with Crippen LogP contribution in [0.15, 0.2) is 6.07 Å². The van der Waals surface area contributed by atoms with Crippen molar-refractivity contribution in [3.8, 4) is 0 Å². The zero-order valence-electron chi connectivity index (χ0n) is 20.5. The third-order valence-electron chi connectivity index (χ3n) is 9.95. The highest BCUT2D eigenvalue weighted by atomic mass is 16.5. The maximum absolute atomic E-state index is 12.4. The van der Waals surface area contributed by atoms with Crippen molar-refractivity contribution in [2.24, 2.45) is 29.1 Å². The molecule has 0 radical (unpaired) electrons. The Hall–Kier alpha value is -2.11. The summed E-state index contributed by atoms with van der Waals surface area (Å²) < 4.78 is 10.8. The number of hydrogen-bond acceptors (Lipinski definition) is 6. The summed E-state index contributed by atoms with van der Waals surface area (Å²) >= 11 is 0. The molecular formula is C27H38N2O4. The van der Waals surface area contributed by atoms with Gasteiger partial charge in [0.1, 0.15) is 17.5 Å². The number of esters is 2. The first-order valence-electron chi connectivity index (χ1n) is 12.8. The summed E-state index contributed by atoms with van der Waals surface area (Å²) in [6, 6.07) is 1.96. The van der Waals surface area contributed by atoms with Crippen LogP contribution in [0.3, 0.4) is 0 Å². The number of nitrogens with two attached hydrogens (primary N) is 1. The number of rotatable bonds is 3. The lowest BCUT2D eigenvalue weighted by Gasteiger charge is -2.60. The Morgan fingerprint density at radius 2 is 1.94 bits per heavy atom. The summed E-state index contributed by atoms with van der Waals surface area (Å²) in [5, 5.41) is 0. The quantitative estimate of drug-likeness (QED) is 0.658. The van der Waals surface area contributed by atoms with Gasteiger partial charge in [0.05, 0.1) is 12.3 Å². The van der Waals surface area contributed by atoms with E-state index in [1.165, 1.54) is 31.7 Å². The van der Waals surface area contributed by atoms with Gasteiger partial charge in [-0.05, 0) is 99.0 Å². The maximum atomic E-state index is 12.4. The van der Waals surface area contributed by atoms with Crippen LogP contribution in [0.1, 0.15) is 94.3 Å². The van der Waals surface area contributed by atoms with Gasteiger partial charge >= 0.3 is 11.9 Å². The highest BCUT2D eigenvalue weighted by molar-refractivity contribution is 5.94. The molecule has 1 aromatic rings. The van der Waals surface area contributed by atoms with Crippen molar-refractivity contribution in [3.05, 3.63) is 22.9 Å². The standard InChI is InChI=1S/C27H38N2O4/c1-5-32-25(31)20-12-16-13-22-19-7-6-17-14-18(33-15(2)30)8-10-26(17,3)21(19)9-11-27(22,4)23(16)29-24(20)28/h12,17-19,21-22H,5-11,13-14H2,1-4H3,(H2,28,29)/t17?,18-,19+,21-,22-,26-,27-/m0/s1. The van der Waals surface area contributed by atoms with Gasteiger partial charge < -0.3 is 15.2 Å². The van der Waals surface area contributed by atoms with Crippen molar-refractivity contribution in [1.29, 1.82) is 0 Å². The Bertz CT molecular complexity index is 977. The third kappa shape index (κ3) is 3.47. The second kappa shape index (κ2) is 7.99. The molecule has 1 heterocycles. The van der Waals surface area contributed by atoms with Gasteiger partial charge in [-0.3, -0.25) is 4.79 Å². The molecule has 1 aromatic heterocycles. The Morgan fingerprint density at radius 1 is 1.15 bits per heavy atom. The van der Waals surface area contributed by atoms with Crippen molar-refractivity contribution in [3.63, 3.8) is 0 Å². The van der Waals surface area contributed by atoms with Crippen molar-refractivity contribution < 1.29 is 19.1 Å². The van der Waals surface area contributed by atoms with Crippen LogP contribution in [-0.4, -0.2) is 29.6 Å². The normalized spacial score (nSPS) is 39.0. The zero-order valence-corrected chi connectivity index (χ0v) is 20.5. The van der Waals surface area contributed by atoms with Crippen LogP contribution >= 0.6 is 0 Å². The molecule has 4 aliphatic carbocycles. The predicted octanol–water partition coefficient (Wildman–Crippen LogP) is 4.83. The lowest BCUT2D eigenvalue weighted by Crippen LogP contribution is -2.54. The van der Waals surface area contributed by atoms with E-state index in [1.807, 2.05) is 6.07 Å². The van der Waals surface area contributed by atoms with Gasteiger partial charge in [-0.25, -0.2) is 9.78 Å². The largest absolute Gasteiger partial charge is 0.463 e. The topological polar surface area (TPSA) is 91.5 Å². The average molecular weight is 455 g/mol. The van der Waals surface area contributed by atoms with Crippen molar-refractivity contribution in [1.82, 2.24) is 4.98 Å². The minimum Gasteiger partial charge on any atom is -0.463 e. The molecule has 180 valence electrons. The number of anilines is 1. The van der Waals surface area contributed by atoms with E-state index in [9.17, 15) is 9.59 Å². The number of aromatic nitrogens is 1. The van der Waals surface area contributed by atoms with Crippen LogP contribution < -0.4 is 5.73 Å². The van der Waals surface area contributed by atoms with E-state index >= 15 is 0 Å². The van der Waals surface area contributed by atoms with Gasteiger partial charge in [0.2, 0.25) is 0 Å². The molecule has 6 heteroatoms. The third-order valence-corrected chi connectivity index (χ3v) is 9.95. The Morgan fingerprint density at radius 3 is 2.67 bits per heavy atom. The Balaban J connectivity index is 1.41. The summed E-state index contributed by atoms with van der Waals surface area (Å²) in [6.45, 7) is 8.55. The van der Waals surface area contributed by atoms with E-state index in [0.29, 0.717) is 47.1 Å². The van der Waals surface area contributed by atoms with Gasteiger partial charge in [-0.1, -0.05) is 13.8 Å². The lowest BCUT2D eigenvalue weighted by atomic mass is 9.45. The van der Waals surface area contributed by atoms with E-state index in [4.69, 9.17) is 20.2 Å². The highest BCUT2D eigenvalue weighted by Crippen LogP contribution is 2.65. The van der Waals surface area contributed by atoms with Gasteiger partial charge in [0, 0.05) is 12.3 Å². The second-order valence-electron chi connectivity index (χ2n) is 11.5. The molecular weight excluding hydrogens is 416 g/mol. The minimum absolute atomic E-state index is 0.0238. The molecule has 7 atom stereocenters. The fourth-order valence-electron chi connectivity index (χ4n) is 8.38. The molecule has 6 nitrogen and oxygen atoms in total. The molecule has 0 amide bonds. The molecule has 0 bridgehead atoms. The second-order valence-corrected chi connectivity index (χ2v) is 11.5. The van der Waals surface area contributed by atoms with Crippen molar-refractivity contribution in [2.75, 3.05) is 12.3 Å². The monoisotopic (exact) mass is 454 g/mol. The van der Waals surface area contributed by atoms with Crippen molar-refractivity contribution in [2.45, 2.75) is 90.6 Å². The Kier molecular flexibility index (Phi) is 5.49. The summed E-state index contributed by atoms with van der Waals surface area (Å²) in [7, 11) is 0. The average Bonchev–Trinajstić information content (AvgIpc) is 3.05. The number of carbonyl (C=O) groups excluding carboxylic acids is 2. The van der Waals surface area contributed by atoms with Crippen LogP contribution in [0.4, 0.5) is 5.82 Å². The summed E-state index contributed by atoms with van der Waals surface area (Å²) in [6.07, 6.45) is 8.98. The van der Waals surface area contributed by atoms with E-state index in [2.05, 4.69) is 13.8 Å².